The quantitative estimate of drug-likeness (QED) is 0.645. The molecule has 0 amide bonds. The van der Waals surface area contributed by atoms with Crippen molar-refractivity contribution in [3.8, 4) is 5.69 Å². The van der Waals surface area contributed by atoms with Crippen LogP contribution >= 0.6 is 11.6 Å². The summed E-state index contributed by atoms with van der Waals surface area (Å²) in [7, 11) is 2.17. The molecule has 3 aromatic rings. The predicted octanol–water partition coefficient (Wildman–Crippen LogP) is 3.93. The summed E-state index contributed by atoms with van der Waals surface area (Å²) in [6.07, 6.45) is 2.15. The molecule has 1 aromatic heterocycles. The number of hydrogen-bond donors (Lipinski definition) is 0. The fourth-order valence-corrected chi connectivity index (χ4v) is 4.22. The molecule has 5 rings (SSSR count). The fourth-order valence-electron chi connectivity index (χ4n) is 4.05. The number of piperazine rings is 1. The predicted molar refractivity (Wildman–Crippen MR) is 117 cm³/mol. The van der Waals surface area contributed by atoms with Crippen molar-refractivity contribution in [1.82, 2.24) is 24.6 Å². The zero-order valence-corrected chi connectivity index (χ0v) is 17.3. The van der Waals surface area contributed by atoms with Crippen LogP contribution in [-0.4, -0.2) is 57.8 Å². The van der Waals surface area contributed by atoms with Crippen LogP contribution in [-0.2, 0) is 0 Å². The summed E-state index contributed by atoms with van der Waals surface area (Å²) in [5.41, 5.74) is 3.14. The third kappa shape index (κ3) is 3.18. The Morgan fingerprint density at radius 3 is 2.41 bits per heavy atom. The van der Waals surface area contributed by atoms with Gasteiger partial charge in [0.15, 0.2) is 5.82 Å². The summed E-state index contributed by atoms with van der Waals surface area (Å²) in [4.78, 5) is 7.08. The first kappa shape index (κ1) is 18.2. The average Bonchev–Trinajstić information content (AvgIpc) is 3.02. The van der Waals surface area contributed by atoms with Crippen molar-refractivity contribution >= 4 is 29.1 Å². The molecule has 0 unspecified atom stereocenters. The Morgan fingerprint density at radius 2 is 1.66 bits per heavy atom. The van der Waals surface area contributed by atoms with Crippen LogP contribution in [0.1, 0.15) is 11.6 Å². The molecule has 0 aliphatic carbocycles. The highest BCUT2D eigenvalue weighted by atomic mass is 35.5. The molecule has 1 saturated heterocycles. The van der Waals surface area contributed by atoms with Gasteiger partial charge >= 0.3 is 0 Å². The van der Waals surface area contributed by atoms with Crippen molar-refractivity contribution in [2.24, 2.45) is 0 Å². The molecule has 2 aromatic carbocycles. The number of aromatic nitrogens is 3. The summed E-state index contributed by atoms with van der Waals surface area (Å²) in [6.45, 7) is 5.93. The number of hydrogen-bond acceptors (Lipinski definition) is 5. The second kappa shape index (κ2) is 7.21. The standard InChI is InChI=1S/C22H23ClN6/c1-16-24-25-21-15-22(27-12-10-26(2)11-13-27)29(18-6-4-3-5-7-18)20-14-17(23)8-9-19(20)28(16)21/h3-9,14-15H,10-13H2,1-2H3. The molecule has 0 spiro atoms. The van der Waals surface area contributed by atoms with Crippen molar-refractivity contribution < 1.29 is 0 Å². The third-order valence-electron chi connectivity index (χ3n) is 5.60. The molecule has 2 aliphatic rings. The Hall–Kier alpha value is -2.83. The lowest BCUT2D eigenvalue weighted by molar-refractivity contribution is 0.186. The second-order valence-corrected chi connectivity index (χ2v) is 7.97. The van der Waals surface area contributed by atoms with E-state index in [1.54, 1.807) is 0 Å². The van der Waals surface area contributed by atoms with E-state index in [4.69, 9.17) is 11.6 Å². The third-order valence-corrected chi connectivity index (χ3v) is 5.83. The minimum absolute atomic E-state index is 0.705. The molecular formula is C22H23ClN6. The monoisotopic (exact) mass is 406 g/mol. The highest BCUT2D eigenvalue weighted by Gasteiger charge is 2.29. The molecular weight excluding hydrogens is 384 g/mol. The number of nitrogens with zero attached hydrogens (tertiary/aromatic N) is 6. The van der Waals surface area contributed by atoms with E-state index in [9.17, 15) is 0 Å². The van der Waals surface area contributed by atoms with Crippen molar-refractivity contribution in [1.29, 1.82) is 0 Å². The highest BCUT2D eigenvalue weighted by molar-refractivity contribution is 6.31. The summed E-state index contributed by atoms with van der Waals surface area (Å²) in [6, 6.07) is 16.4. The van der Waals surface area contributed by atoms with Gasteiger partial charge in [-0.3, -0.25) is 9.47 Å². The minimum Gasteiger partial charge on any atom is -0.355 e. The van der Waals surface area contributed by atoms with E-state index in [2.05, 4.69) is 66.9 Å². The lowest BCUT2D eigenvalue weighted by Gasteiger charge is -2.40. The number of para-hydroxylation sites is 1. The summed E-state index contributed by atoms with van der Waals surface area (Å²) in [5, 5.41) is 9.51. The van der Waals surface area contributed by atoms with Crippen molar-refractivity contribution in [2.75, 3.05) is 38.1 Å². The molecule has 0 saturated carbocycles. The first-order valence-electron chi connectivity index (χ1n) is 9.84. The van der Waals surface area contributed by atoms with Crippen LogP contribution in [0.3, 0.4) is 0 Å². The van der Waals surface area contributed by atoms with E-state index in [0.29, 0.717) is 5.02 Å². The SMILES string of the molecule is Cc1nnc2n1-c1ccc(Cl)cc1N(c1ccccc1)C(N1CCN(C)CC1)=C2. The molecule has 148 valence electrons. The average molecular weight is 407 g/mol. The van der Waals surface area contributed by atoms with E-state index in [1.165, 1.54) is 0 Å². The molecule has 3 heterocycles. The molecule has 6 nitrogen and oxygen atoms in total. The molecule has 2 aliphatic heterocycles. The van der Waals surface area contributed by atoms with Crippen molar-refractivity contribution in [3.63, 3.8) is 0 Å². The van der Waals surface area contributed by atoms with Gasteiger partial charge in [0.2, 0.25) is 0 Å². The first-order valence-corrected chi connectivity index (χ1v) is 10.2. The minimum atomic E-state index is 0.705. The van der Waals surface area contributed by atoms with Gasteiger partial charge in [0.25, 0.3) is 0 Å². The van der Waals surface area contributed by atoms with Crippen LogP contribution in [0.15, 0.2) is 54.4 Å². The van der Waals surface area contributed by atoms with Crippen molar-refractivity contribution in [2.45, 2.75) is 6.92 Å². The van der Waals surface area contributed by atoms with Gasteiger partial charge < -0.3 is 9.80 Å². The van der Waals surface area contributed by atoms with Crippen LogP contribution in [0.2, 0.25) is 5.02 Å². The molecule has 0 N–H and O–H groups in total. The highest BCUT2D eigenvalue weighted by Crippen LogP contribution is 2.40. The molecule has 29 heavy (non-hydrogen) atoms. The molecule has 7 heteroatoms. The molecule has 0 atom stereocenters. The van der Waals surface area contributed by atoms with Gasteiger partial charge in [0, 0.05) is 43.0 Å². The number of rotatable bonds is 2. The maximum atomic E-state index is 6.47. The second-order valence-electron chi connectivity index (χ2n) is 7.54. The number of aryl methyl sites for hydroxylation is 1. The van der Waals surface area contributed by atoms with Gasteiger partial charge in [-0.1, -0.05) is 29.8 Å². The number of anilines is 2. The van der Waals surface area contributed by atoms with Gasteiger partial charge in [0.1, 0.15) is 11.6 Å². The Labute approximate surface area is 175 Å². The normalized spacial score (nSPS) is 16.9. The maximum absolute atomic E-state index is 6.47. The first-order chi connectivity index (χ1) is 14.1. The van der Waals surface area contributed by atoms with Crippen LogP contribution < -0.4 is 4.90 Å². The van der Waals surface area contributed by atoms with E-state index in [0.717, 1.165) is 60.7 Å². The van der Waals surface area contributed by atoms with Gasteiger partial charge in [-0.15, -0.1) is 10.2 Å². The molecule has 0 radical (unpaired) electrons. The van der Waals surface area contributed by atoms with E-state index in [1.807, 2.05) is 31.2 Å². The van der Waals surface area contributed by atoms with E-state index in [-0.39, 0.29) is 0 Å². The summed E-state index contributed by atoms with van der Waals surface area (Å²) >= 11 is 6.47. The van der Waals surface area contributed by atoms with E-state index >= 15 is 0 Å². The van der Waals surface area contributed by atoms with E-state index < -0.39 is 0 Å². The fraction of sp³-hybridized carbons (Fsp3) is 0.273. The number of fused-ring (bicyclic) bond motifs is 3. The van der Waals surface area contributed by atoms with Gasteiger partial charge in [0.05, 0.1) is 11.4 Å². The van der Waals surface area contributed by atoms with Gasteiger partial charge in [-0.2, -0.15) is 0 Å². The van der Waals surface area contributed by atoms with Crippen LogP contribution in [0.5, 0.6) is 0 Å². The molecule has 0 bridgehead atoms. The number of benzene rings is 2. The Balaban J connectivity index is 1.76. The van der Waals surface area contributed by atoms with Gasteiger partial charge in [-0.25, -0.2) is 0 Å². The Morgan fingerprint density at radius 1 is 0.897 bits per heavy atom. The Kier molecular flexibility index (Phi) is 4.53. The number of halogens is 1. The lowest BCUT2D eigenvalue weighted by atomic mass is 10.2. The largest absolute Gasteiger partial charge is 0.355 e. The van der Waals surface area contributed by atoms with Gasteiger partial charge in [-0.05, 0) is 44.3 Å². The number of likely N-dealkylation sites (N-methyl/N-ethyl adjacent to an activating group) is 1. The maximum Gasteiger partial charge on any atom is 0.164 e. The molecule has 1 fully saturated rings. The summed E-state index contributed by atoms with van der Waals surface area (Å²) in [5.74, 6) is 2.78. The zero-order valence-electron chi connectivity index (χ0n) is 16.6. The van der Waals surface area contributed by atoms with Crippen LogP contribution in [0.4, 0.5) is 11.4 Å². The summed E-state index contributed by atoms with van der Waals surface area (Å²) < 4.78 is 2.10. The smallest absolute Gasteiger partial charge is 0.164 e. The Bertz CT molecular complexity index is 1070. The zero-order chi connectivity index (χ0) is 20.0. The van der Waals surface area contributed by atoms with Crippen LogP contribution in [0.25, 0.3) is 11.8 Å². The lowest BCUT2D eigenvalue weighted by Crippen LogP contribution is -2.46. The topological polar surface area (TPSA) is 40.4 Å². The van der Waals surface area contributed by atoms with Crippen molar-refractivity contribution in [3.05, 3.63) is 71.0 Å². The van der Waals surface area contributed by atoms with Crippen LogP contribution in [0, 0.1) is 6.92 Å².